The number of likely N-dealkylation sites (tertiary alicyclic amines) is 1. The molecule has 0 aromatic heterocycles. The molecule has 0 bridgehead atoms. The Morgan fingerprint density at radius 1 is 1.23 bits per heavy atom. The van der Waals surface area contributed by atoms with Gasteiger partial charge < -0.3 is 20.9 Å². The lowest BCUT2D eigenvalue weighted by Crippen LogP contribution is -2.49. The Labute approximate surface area is 153 Å². The molecule has 2 aliphatic heterocycles. The van der Waals surface area contributed by atoms with Crippen molar-refractivity contribution in [2.24, 2.45) is 11.7 Å². The van der Waals surface area contributed by atoms with Gasteiger partial charge in [-0.15, -0.1) is 0 Å². The molecule has 0 saturated carbocycles. The average Bonchev–Trinajstić information content (AvgIpc) is 2.64. The highest BCUT2D eigenvalue weighted by Gasteiger charge is 2.30. The molecule has 140 valence electrons. The van der Waals surface area contributed by atoms with Crippen molar-refractivity contribution in [3.63, 3.8) is 0 Å². The summed E-state index contributed by atoms with van der Waals surface area (Å²) >= 11 is 0. The predicted octanol–water partition coefficient (Wildman–Crippen LogP) is 1.34. The van der Waals surface area contributed by atoms with E-state index >= 15 is 0 Å². The van der Waals surface area contributed by atoms with Crippen LogP contribution in [0.4, 0.5) is 11.4 Å². The number of anilines is 2. The quantitative estimate of drug-likeness (QED) is 0.849. The molecule has 1 saturated heterocycles. The maximum atomic E-state index is 12.6. The van der Waals surface area contributed by atoms with Crippen molar-refractivity contribution in [3.8, 4) is 0 Å². The summed E-state index contributed by atoms with van der Waals surface area (Å²) in [5.74, 6) is 0.0972. The minimum atomic E-state index is -0.225. The molecule has 1 aromatic rings. The smallest absolute Gasteiger partial charge is 0.244 e. The molecule has 3 rings (SSSR count). The number of nitrogens with two attached hydrogens (primary N) is 1. The lowest BCUT2D eigenvalue weighted by atomic mass is 9.92. The molecule has 2 unspecified atom stereocenters. The molecule has 2 heterocycles. The summed E-state index contributed by atoms with van der Waals surface area (Å²) in [6.45, 7) is 3.30. The number of carbonyl (C=O) groups excluding carboxylic acids is 3. The Balaban J connectivity index is 1.62. The van der Waals surface area contributed by atoms with Crippen LogP contribution in [0.15, 0.2) is 24.3 Å². The second kappa shape index (κ2) is 7.86. The van der Waals surface area contributed by atoms with Gasteiger partial charge in [-0.2, -0.15) is 0 Å². The molecule has 0 aliphatic carbocycles. The van der Waals surface area contributed by atoms with E-state index in [4.69, 9.17) is 5.73 Å². The van der Waals surface area contributed by atoms with Crippen molar-refractivity contribution in [2.45, 2.75) is 38.6 Å². The van der Waals surface area contributed by atoms with Crippen LogP contribution in [0.25, 0.3) is 0 Å². The van der Waals surface area contributed by atoms with Crippen molar-refractivity contribution in [2.75, 3.05) is 29.9 Å². The van der Waals surface area contributed by atoms with E-state index < -0.39 is 0 Å². The molecular weight excluding hydrogens is 332 g/mol. The third-order valence-corrected chi connectivity index (χ3v) is 5.19. The van der Waals surface area contributed by atoms with Crippen LogP contribution in [-0.4, -0.2) is 48.3 Å². The molecule has 0 spiro atoms. The van der Waals surface area contributed by atoms with Crippen molar-refractivity contribution >= 4 is 29.1 Å². The number of carbonyl (C=O) groups is 3. The normalized spacial score (nSPS) is 22.6. The zero-order valence-electron chi connectivity index (χ0n) is 15.1. The second-order valence-corrected chi connectivity index (χ2v) is 7.15. The summed E-state index contributed by atoms with van der Waals surface area (Å²) in [6, 6.07) is 7.25. The first-order valence-corrected chi connectivity index (χ1v) is 9.18. The van der Waals surface area contributed by atoms with Gasteiger partial charge >= 0.3 is 0 Å². The second-order valence-electron chi connectivity index (χ2n) is 7.15. The number of amides is 3. The number of piperidine rings is 1. The highest BCUT2D eigenvalue weighted by molar-refractivity contribution is 6.10. The first-order chi connectivity index (χ1) is 12.5. The summed E-state index contributed by atoms with van der Waals surface area (Å²) in [5, 5.41) is 2.76. The Bertz CT molecular complexity index is 706. The Morgan fingerprint density at radius 3 is 2.73 bits per heavy atom. The number of nitrogens with zero attached hydrogens (tertiary/aromatic N) is 2. The number of nitrogens with one attached hydrogen (secondary N) is 1. The van der Waals surface area contributed by atoms with Crippen LogP contribution in [0.3, 0.4) is 0 Å². The minimum absolute atomic E-state index is 0.0172. The topological polar surface area (TPSA) is 95.7 Å². The molecule has 1 fully saturated rings. The number of benzene rings is 1. The number of hydrogen-bond donors (Lipinski definition) is 2. The predicted molar refractivity (Wildman–Crippen MR) is 99.6 cm³/mol. The van der Waals surface area contributed by atoms with E-state index in [9.17, 15) is 14.4 Å². The van der Waals surface area contributed by atoms with Gasteiger partial charge in [-0.25, -0.2) is 0 Å². The van der Waals surface area contributed by atoms with Gasteiger partial charge in [0.15, 0.2) is 0 Å². The zero-order valence-corrected chi connectivity index (χ0v) is 15.1. The monoisotopic (exact) mass is 358 g/mol. The molecule has 7 nitrogen and oxygen atoms in total. The van der Waals surface area contributed by atoms with Gasteiger partial charge in [0, 0.05) is 32.0 Å². The zero-order chi connectivity index (χ0) is 18.7. The van der Waals surface area contributed by atoms with Gasteiger partial charge in [-0.3, -0.25) is 14.4 Å². The van der Waals surface area contributed by atoms with Gasteiger partial charge in [-0.1, -0.05) is 19.1 Å². The highest BCUT2D eigenvalue weighted by Crippen LogP contribution is 2.29. The Kier molecular flexibility index (Phi) is 5.56. The summed E-state index contributed by atoms with van der Waals surface area (Å²) < 4.78 is 0. The van der Waals surface area contributed by atoms with Crippen LogP contribution in [0, 0.1) is 5.92 Å². The first kappa shape index (κ1) is 18.4. The number of rotatable bonds is 4. The average molecular weight is 358 g/mol. The van der Waals surface area contributed by atoms with Crippen LogP contribution in [-0.2, 0) is 14.4 Å². The van der Waals surface area contributed by atoms with Crippen LogP contribution in [0.1, 0.15) is 32.6 Å². The summed E-state index contributed by atoms with van der Waals surface area (Å²) in [6.07, 6.45) is 2.11. The number of hydrogen-bond acceptors (Lipinski definition) is 4. The minimum Gasteiger partial charge on any atom is -0.338 e. The Hall–Kier alpha value is -2.41. The fourth-order valence-corrected chi connectivity index (χ4v) is 3.75. The third kappa shape index (κ3) is 3.88. The molecule has 3 N–H and O–H groups in total. The SMILES string of the molecule is CC1CCN(C(=O)CCC(=O)N2CC(=O)Nc3ccccc32)C(CN)C1. The molecule has 7 heteroatoms. The molecule has 1 aromatic carbocycles. The number of para-hydroxylation sites is 2. The fourth-order valence-electron chi connectivity index (χ4n) is 3.75. The molecular formula is C19H26N4O3. The van der Waals surface area contributed by atoms with Crippen molar-refractivity contribution in [1.29, 1.82) is 0 Å². The Morgan fingerprint density at radius 2 is 1.96 bits per heavy atom. The summed E-state index contributed by atoms with van der Waals surface area (Å²) in [7, 11) is 0. The maximum Gasteiger partial charge on any atom is 0.244 e. The molecule has 26 heavy (non-hydrogen) atoms. The standard InChI is InChI=1S/C19H26N4O3/c1-13-8-9-22(14(10-13)11-20)18(25)6-7-19(26)23-12-17(24)21-15-4-2-3-5-16(15)23/h2-5,13-14H,6-12,20H2,1H3,(H,21,24). The van der Waals surface area contributed by atoms with E-state index in [1.54, 1.807) is 18.2 Å². The first-order valence-electron chi connectivity index (χ1n) is 9.18. The molecule has 2 aliphatic rings. The van der Waals surface area contributed by atoms with Crippen LogP contribution >= 0.6 is 0 Å². The van der Waals surface area contributed by atoms with E-state index in [0.717, 1.165) is 12.8 Å². The van der Waals surface area contributed by atoms with Gasteiger partial charge in [0.05, 0.1) is 11.4 Å². The van der Waals surface area contributed by atoms with Crippen molar-refractivity contribution in [3.05, 3.63) is 24.3 Å². The van der Waals surface area contributed by atoms with E-state index in [0.29, 0.717) is 30.4 Å². The van der Waals surface area contributed by atoms with Crippen LogP contribution < -0.4 is 16.0 Å². The molecule has 2 atom stereocenters. The van der Waals surface area contributed by atoms with Crippen molar-refractivity contribution < 1.29 is 14.4 Å². The van der Waals surface area contributed by atoms with Gasteiger partial charge in [0.1, 0.15) is 6.54 Å². The largest absolute Gasteiger partial charge is 0.338 e. The maximum absolute atomic E-state index is 12.6. The van der Waals surface area contributed by atoms with Gasteiger partial charge in [0.2, 0.25) is 17.7 Å². The van der Waals surface area contributed by atoms with Gasteiger partial charge in [0.25, 0.3) is 0 Å². The molecule has 3 amide bonds. The van der Waals surface area contributed by atoms with Crippen molar-refractivity contribution in [1.82, 2.24) is 4.90 Å². The molecule has 0 radical (unpaired) electrons. The summed E-state index contributed by atoms with van der Waals surface area (Å²) in [5.41, 5.74) is 7.12. The lowest BCUT2D eigenvalue weighted by molar-refractivity contribution is -0.136. The van der Waals surface area contributed by atoms with E-state index in [1.807, 2.05) is 11.0 Å². The van der Waals surface area contributed by atoms with E-state index in [1.165, 1.54) is 4.90 Å². The van der Waals surface area contributed by atoms with E-state index in [-0.39, 0.29) is 43.1 Å². The number of fused-ring (bicyclic) bond motifs is 1. The highest BCUT2D eigenvalue weighted by atomic mass is 16.2. The van der Waals surface area contributed by atoms with Crippen LogP contribution in [0.5, 0.6) is 0 Å². The fraction of sp³-hybridized carbons (Fsp3) is 0.526. The lowest BCUT2D eigenvalue weighted by Gasteiger charge is -2.38. The van der Waals surface area contributed by atoms with E-state index in [2.05, 4.69) is 12.2 Å². The third-order valence-electron chi connectivity index (χ3n) is 5.19. The van der Waals surface area contributed by atoms with Gasteiger partial charge in [-0.05, 0) is 30.9 Å². The van der Waals surface area contributed by atoms with Crippen LogP contribution in [0.2, 0.25) is 0 Å². The summed E-state index contributed by atoms with van der Waals surface area (Å²) in [4.78, 5) is 40.4.